The number of rotatable bonds is 4. The van der Waals surface area contributed by atoms with Crippen molar-refractivity contribution in [2.24, 2.45) is 0 Å². The zero-order valence-electron chi connectivity index (χ0n) is 10.2. The molecule has 0 radical (unpaired) electrons. The fourth-order valence-electron chi connectivity index (χ4n) is 1.21. The topological polar surface area (TPSA) is 104 Å². The molecule has 0 aliphatic carbocycles. The summed E-state index contributed by atoms with van der Waals surface area (Å²) in [6, 6.07) is 0. The van der Waals surface area contributed by atoms with Crippen LogP contribution in [0.4, 0.5) is 0 Å². The van der Waals surface area contributed by atoms with Crippen LogP contribution in [0, 0.1) is 0 Å². The van der Waals surface area contributed by atoms with Crippen molar-refractivity contribution in [2.45, 2.75) is 19.4 Å². The molecule has 1 heterocycles. The molecule has 7 nitrogen and oxygen atoms in total. The van der Waals surface area contributed by atoms with Gasteiger partial charge in [-0.1, -0.05) is 4.51 Å². The molecule has 100 valence electrons. The van der Waals surface area contributed by atoms with Crippen molar-refractivity contribution < 1.29 is 14.6 Å². The third-order valence-corrected chi connectivity index (χ3v) is 3.90. The Morgan fingerprint density at radius 1 is 1.61 bits per heavy atom. The lowest BCUT2D eigenvalue weighted by Gasteiger charge is -2.22. The minimum absolute atomic E-state index is 0.244. The molecule has 1 aromatic heterocycles. The quantitative estimate of drug-likeness (QED) is 0.405. The van der Waals surface area contributed by atoms with Gasteiger partial charge >= 0.3 is 5.97 Å². The average molecular weight is 367 g/mol. The van der Waals surface area contributed by atoms with Crippen molar-refractivity contribution in [3.05, 3.63) is 21.9 Å². The van der Waals surface area contributed by atoms with Crippen LogP contribution in [-0.4, -0.2) is 32.7 Å². The van der Waals surface area contributed by atoms with Crippen molar-refractivity contribution in [3.8, 4) is 5.75 Å². The number of carbonyl (C=O) groups is 1. The highest BCUT2D eigenvalue weighted by Gasteiger charge is 2.26. The molecular weight excluding hydrogens is 353 g/mol. The second-order valence-corrected chi connectivity index (χ2v) is 5.26. The van der Waals surface area contributed by atoms with Crippen LogP contribution in [-0.2, 0) is 10.3 Å². The van der Waals surface area contributed by atoms with Gasteiger partial charge in [0, 0.05) is 0 Å². The van der Waals surface area contributed by atoms with E-state index < -0.39 is 49.5 Å². The van der Waals surface area contributed by atoms with Crippen LogP contribution >= 0.6 is 21.0 Å². The van der Waals surface area contributed by atoms with E-state index in [1.165, 1.54) is 0 Å². The number of esters is 1. The molecule has 0 fully saturated rings. The van der Waals surface area contributed by atoms with E-state index in [9.17, 15) is 14.7 Å². The fraction of sp³-hybridized carbons (Fsp3) is 0.400. The molecule has 0 aliphatic rings. The zero-order valence-corrected chi connectivity index (χ0v) is 12.4. The van der Waals surface area contributed by atoms with Crippen molar-refractivity contribution >= 4 is 31.5 Å². The van der Waals surface area contributed by atoms with Gasteiger partial charge in [0.25, 0.3) is 5.56 Å². The van der Waals surface area contributed by atoms with Crippen LogP contribution in [0.15, 0.2) is 4.79 Å². The Kier molecular flexibility index (Phi) is 4.57. The third kappa shape index (κ3) is 2.93. The van der Waals surface area contributed by atoms with Crippen molar-refractivity contribution in [2.75, 3.05) is 7.11 Å². The molecule has 0 spiro atoms. The first-order valence-electron chi connectivity index (χ1n) is 4.90. The molecule has 0 saturated carbocycles. The highest BCUT2D eigenvalue weighted by atomic mass is 127. The van der Waals surface area contributed by atoms with E-state index in [2.05, 4.69) is 22.7 Å². The number of H-pyrrole nitrogens is 1. The molecule has 18 heavy (non-hydrogen) atoms. The summed E-state index contributed by atoms with van der Waals surface area (Å²) in [4.78, 5) is 29.3. The van der Waals surface area contributed by atoms with Gasteiger partial charge in [-0.05, 0) is 34.9 Å². The van der Waals surface area contributed by atoms with Crippen molar-refractivity contribution in [3.63, 3.8) is 0 Å². The summed E-state index contributed by atoms with van der Waals surface area (Å²) in [6.45, 7) is 3.57. The summed E-state index contributed by atoms with van der Waals surface area (Å²) in [5.41, 5.74) is -1.82. The number of aromatic nitrogens is 2. The van der Waals surface area contributed by atoms with Gasteiger partial charge in [-0.3, -0.25) is 8.32 Å². The maximum Gasteiger partial charge on any atom is 0.360 e. The number of hydrogen-bond acceptors (Lipinski definition) is 6. The molecule has 0 aromatic carbocycles. The van der Waals surface area contributed by atoms with Crippen LogP contribution in [0.1, 0.15) is 30.2 Å². The maximum absolute atomic E-state index is 11.5. The number of ether oxygens (including phenoxy) is 1. The zero-order chi connectivity index (χ0) is 13.9. The number of hydrogen-bond donors (Lipinski definition) is 3. The van der Waals surface area contributed by atoms with E-state index >= 15 is 0 Å². The largest absolute Gasteiger partial charge is 0.501 e. The molecule has 1 aromatic rings. The Labute approximate surface area is 114 Å². The number of carbonyl (C=O) groups excluding carboxylic acids is 1. The van der Waals surface area contributed by atoms with E-state index in [-0.39, 0.29) is 5.82 Å². The number of nitrogens with one attached hydrogen (secondary N) is 2. The van der Waals surface area contributed by atoms with Crippen LogP contribution in [0.2, 0.25) is 0 Å². The fourth-order valence-corrected chi connectivity index (χ4v) is 2.42. The summed E-state index contributed by atoms with van der Waals surface area (Å²) in [6.07, 6.45) is 0. The molecule has 8 heteroatoms. The second-order valence-electron chi connectivity index (χ2n) is 3.96. The highest BCUT2D eigenvalue weighted by molar-refractivity contribution is 14.2. The first kappa shape index (κ1) is 14.8. The number of halogens is 1. The van der Waals surface area contributed by atoms with Gasteiger partial charge in [0.05, 0.1) is 12.6 Å². The predicted molar refractivity (Wildman–Crippen MR) is 75.2 cm³/mol. The van der Waals surface area contributed by atoms with E-state index in [1.54, 1.807) is 13.8 Å². The first-order valence-corrected chi connectivity index (χ1v) is 7.50. The Hall–Kier alpha value is -1.29. The van der Waals surface area contributed by atoms with Gasteiger partial charge in [-0.2, -0.15) is 0 Å². The van der Waals surface area contributed by atoms with Crippen LogP contribution in [0.3, 0.4) is 0 Å². The van der Waals surface area contributed by atoms with Gasteiger partial charge in [0.15, 0.2) is 5.69 Å². The Bertz CT molecular complexity index is 538. The number of methoxy groups -OCH3 is 1. The number of aromatic amines is 1. The lowest BCUT2D eigenvalue weighted by atomic mass is 10.1. The van der Waals surface area contributed by atoms with Gasteiger partial charge in [0.1, 0.15) is 5.82 Å². The smallest absolute Gasteiger partial charge is 0.360 e. The summed E-state index contributed by atoms with van der Waals surface area (Å²) in [5.74, 6) is -1.36. The third-order valence-electron chi connectivity index (χ3n) is 2.17. The van der Waals surface area contributed by atoms with Gasteiger partial charge in [0.2, 0.25) is 5.75 Å². The average Bonchev–Trinajstić information content (AvgIpc) is 2.31. The van der Waals surface area contributed by atoms with E-state index in [0.717, 1.165) is 7.11 Å². The SMILES string of the molecule is C=INC(C)(C)c1nc(C(=O)OC)c(O)c(=O)[nH]1. The lowest BCUT2D eigenvalue weighted by Crippen LogP contribution is -2.35. The highest BCUT2D eigenvalue weighted by Crippen LogP contribution is 2.20. The molecular formula is C10H14IN3O4. The monoisotopic (exact) mass is 367 g/mol. The van der Waals surface area contributed by atoms with Gasteiger partial charge in [-0.25, -0.2) is 9.78 Å². The minimum atomic E-state index is -0.861. The van der Waals surface area contributed by atoms with Crippen LogP contribution < -0.4 is 9.09 Å². The lowest BCUT2D eigenvalue weighted by molar-refractivity contribution is 0.0589. The molecule has 0 saturated heterocycles. The first-order chi connectivity index (χ1) is 8.33. The standard InChI is InChI=1S/C10H14IN3O4/c1-10(2,14-11-3)9-12-5(8(17)18-4)6(15)7(16)13-9/h14-15H,3H2,1-2,4H3,(H,12,13,16). The van der Waals surface area contributed by atoms with Crippen LogP contribution in [0.25, 0.3) is 0 Å². The summed E-state index contributed by atoms with van der Waals surface area (Å²) in [5, 5.41) is 9.49. The Balaban J connectivity index is 3.41. The Morgan fingerprint density at radius 3 is 2.72 bits per heavy atom. The molecule has 0 bridgehead atoms. The van der Waals surface area contributed by atoms with Crippen molar-refractivity contribution in [1.29, 1.82) is 0 Å². The predicted octanol–water partition coefficient (Wildman–Crippen LogP) is 0.404. The van der Waals surface area contributed by atoms with E-state index in [4.69, 9.17) is 0 Å². The van der Waals surface area contributed by atoms with E-state index in [1.807, 2.05) is 0 Å². The Morgan fingerprint density at radius 2 is 2.22 bits per heavy atom. The van der Waals surface area contributed by atoms with Gasteiger partial charge in [-0.15, -0.1) is 0 Å². The molecule has 0 amide bonds. The minimum Gasteiger partial charge on any atom is -0.501 e. The normalized spacial score (nSPS) is 11.3. The number of aromatic hydroxyl groups is 1. The molecule has 1 rings (SSSR count). The summed E-state index contributed by atoms with van der Waals surface area (Å²) >= 11 is -0.496. The van der Waals surface area contributed by atoms with Crippen molar-refractivity contribution in [1.82, 2.24) is 13.5 Å². The van der Waals surface area contributed by atoms with Crippen LogP contribution in [0.5, 0.6) is 5.75 Å². The number of nitrogens with zero attached hydrogens (tertiary/aromatic N) is 1. The maximum atomic E-state index is 11.5. The van der Waals surface area contributed by atoms with Gasteiger partial charge < -0.3 is 14.8 Å². The second kappa shape index (κ2) is 5.57. The molecule has 0 aliphatic heterocycles. The summed E-state index contributed by atoms with van der Waals surface area (Å²) < 4.78 is 11.3. The van der Waals surface area contributed by atoms with E-state index in [0.29, 0.717) is 0 Å². The molecule has 3 N–H and O–H groups in total. The summed E-state index contributed by atoms with van der Waals surface area (Å²) in [7, 11) is 1.15. The molecule has 0 unspecified atom stereocenters. The molecule has 0 atom stereocenters.